The number of aromatic amines is 1. The third-order valence-corrected chi connectivity index (χ3v) is 3.81. The Morgan fingerprint density at radius 2 is 1.88 bits per heavy atom. The molecule has 0 unspecified atom stereocenters. The Hall–Kier alpha value is -2.18. The number of nitrogens with one attached hydrogen (secondary N) is 1. The summed E-state index contributed by atoms with van der Waals surface area (Å²) in [5.41, 5.74) is -5.28. The van der Waals surface area contributed by atoms with Crippen LogP contribution < -0.4 is 11.2 Å². The number of ether oxygens (including phenoxy) is 1. The van der Waals surface area contributed by atoms with Crippen LogP contribution in [0.2, 0.25) is 0 Å². The predicted molar refractivity (Wildman–Crippen MR) is 81.7 cm³/mol. The standard InChI is InChI=1S/C13H7F4IN2O4/c1-24-11(22)5-2-8(6(14)3-7(5)18)20-10(21)4-9(13(15,16)17)19-12(20)23/h2-4H,1H3,(H,19,23). The summed E-state index contributed by atoms with van der Waals surface area (Å²) in [7, 11) is 1.07. The van der Waals surface area contributed by atoms with Gasteiger partial charge in [0.15, 0.2) is 0 Å². The summed E-state index contributed by atoms with van der Waals surface area (Å²) in [6, 6.07) is 1.83. The molecule has 0 saturated carbocycles. The van der Waals surface area contributed by atoms with E-state index < -0.39 is 40.6 Å². The number of methoxy groups -OCH3 is 1. The first-order chi connectivity index (χ1) is 11.1. The molecule has 1 heterocycles. The Kier molecular flexibility index (Phi) is 4.82. The number of hydrogen-bond acceptors (Lipinski definition) is 4. The van der Waals surface area contributed by atoms with Crippen molar-refractivity contribution in [1.29, 1.82) is 0 Å². The minimum absolute atomic E-state index is 0.122. The Morgan fingerprint density at radius 1 is 1.25 bits per heavy atom. The van der Waals surface area contributed by atoms with E-state index in [9.17, 15) is 31.9 Å². The summed E-state index contributed by atoms with van der Waals surface area (Å²) in [5, 5.41) is 0. The van der Waals surface area contributed by atoms with Gasteiger partial charge in [0.2, 0.25) is 0 Å². The van der Waals surface area contributed by atoms with E-state index in [0.717, 1.165) is 19.2 Å². The fourth-order valence-corrected chi connectivity index (χ4v) is 2.50. The molecule has 0 saturated heterocycles. The van der Waals surface area contributed by atoms with Gasteiger partial charge in [-0.15, -0.1) is 0 Å². The summed E-state index contributed by atoms with van der Waals surface area (Å²) in [6.45, 7) is 0. The lowest BCUT2D eigenvalue weighted by Crippen LogP contribution is -2.36. The normalized spacial score (nSPS) is 11.4. The van der Waals surface area contributed by atoms with Gasteiger partial charge in [-0.1, -0.05) is 0 Å². The van der Waals surface area contributed by atoms with Crippen LogP contribution in [0, 0.1) is 9.39 Å². The molecule has 0 fully saturated rings. The van der Waals surface area contributed by atoms with Gasteiger partial charge in [0.1, 0.15) is 11.5 Å². The number of aromatic nitrogens is 2. The van der Waals surface area contributed by atoms with Crippen LogP contribution in [-0.4, -0.2) is 22.6 Å². The van der Waals surface area contributed by atoms with Crippen LogP contribution in [0.1, 0.15) is 16.1 Å². The first kappa shape index (κ1) is 18.2. The molecule has 1 aromatic heterocycles. The van der Waals surface area contributed by atoms with Crippen molar-refractivity contribution in [2.24, 2.45) is 0 Å². The second kappa shape index (κ2) is 6.37. The summed E-state index contributed by atoms with van der Waals surface area (Å²) < 4.78 is 56.6. The van der Waals surface area contributed by atoms with Crippen LogP contribution in [0.3, 0.4) is 0 Å². The van der Waals surface area contributed by atoms with Gasteiger partial charge in [-0.2, -0.15) is 13.2 Å². The number of esters is 1. The highest BCUT2D eigenvalue weighted by molar-refractivity contribution is 14.1. The minimum atomic E-state index is -4.95. The molecule has 0 atom stereocenters. The highest BCUT2D eigenvalue weighted by atomic mass is 127. The molecule has 24 heavy (non-hydrogen) atoms. The second-order valence-corrected chi connectivity index (χ2v) is 5.60. The molecule has 2 rings (SSSR count). The number of halogens is 5. The largest absolute Gasteiger partial charge is 0.465 e. The van der Waals surface area contributed by atoms with Crippen molar-refractivity contribution < 1.29 is 27.1 Å². The Morgan fingerprint density at radius 3 is 2.38 bits per heavy atom. The third-order valence-electron chi connectivity index (χ3n) is 2.92. The number of carbonyl (C=O) groups excluding carboxylic acids is 1. The molecule has 0 radical (unpaired) electrons. The Bertz CT molecular complexity index is 902. The monoisotopic (exact) mass is 458 g/mol. The molecule has 0 aliphatic carbocycles. The van der Waals surface area contributed by atoms with Crippen molar-refractivity contribution in [3.05, 3.63) is 59.7 Å². The van der Waals surface area contributed by atoms with Crippen LogP contribution in [0.15, 0.2) is 27.8 Å². The number of carbonyl (C=O) groups is 1. The summed E-state index contributed by atoms with van der Waals surface area (Å²) >= 11 is 1.63. The van der Waals surface area contributed by atoms with Crippen LogP contribution in [-0.2, 0) is 10.9 Å². The first-order valence-electron chi connectivity index (χ1n) is 6.07. The van der Waals surface area contributed by atoms with Gasteiger partial charge in [-0.3, -0.25) is 4.79 Å². The number of alkyl halides is 3. The molecule has 11 heteroatoms. The van der Waals surface area contributed by atoms with Crippen molar-refractivity contribution in [3.8, 4) is 5.69 Å². The van der Waals surface area contributed by atoms with Crippen LogP contribution in [0.25, 0.3) is 5.69 Å². The van der Waals surface area contributed by atoms with Crippen molar-refractivity contribution in [2.45, 2.75) is 6.18 Å². The zero-order valence-corrected chi connectivity index (χ0v) is 13.9. The number of rotatable bonds is 2. The molecule has 1 N–H and O–H groups in total. The van der Waals surface area contributed by atoms with Gasteiger partial charge in [-0.05, 0) is 34.7 Å². The molecule has 6 nitrogen and oxygen atoms in total. The van der Waals surface area contributed by atoms with Crippen molar-refractivity contribution >= 4 is 28.6 Å². The molecule has 2 aromatic rings. The lowest BCUT2D eigenvalue weighted by Gasteiger charge is -2.11. The summed E-state index contributed by atoms with van der Waals surface area (Å²) in [6.07, 6.45) is -4.95. The highest BCUT2D eigenvalue weighted by Gasteiger charge is 2.33. The molecule has 0 aliphatic rings. The van der Waals surface area contributed by atoms with E-state index in [1.807, 2.05) is 0 Å². The molecule has 0 amide bonds. The van der Waals surface area contributed by atoms with Gasteiger partial charge in [0.05, 0.1) is 18.4 Å². The Labute approximate surface area is 144 Å². The lowest BCUT2D eigenvalue weighted by molar-refractivity contribution is -0.141. The van der Waals surface area contributed by atoms with Gasteiger partial charge in [-0.25, -0.2) is 18.5 Å². The molecule has 0 aliphatic heterocycles. The smallest absolute Gasteiger partial charge is 0.431 e. The molecule has 128 valence electrons. The van der Waals surface area contributed by atoms with Gasteiger partial charge in [0.25, 0.3) is 5.56 Å². The van der Waals surface area contributed by atoms with E-state index in [4.69, 9.17) is 0 Å². The molecule has 0 bridgehead atoms. The maximum absolute atomic E-state index is 14.1. The number of nitrogens with zero attached hydrogens (tertiary/aromatic N) is 1. The van der Waals surface area contributed by atoms with E-state index in [1.54, 1.807) is 22.6 Å². The van der Waals surface area contributed by atoms with E-state index in [0.29, 0.717) is 0 Å². The topological polar surface area (TPSA) is 81.2 Å². The van der Waals surface area contributed by atoms with Crippen LogP contribution in [0.5, 0.6) is 0 Å². The molecular formula is C13H7F4IN2O4. The predicted octanol–water partition coefficient (Wildman–Crippen LogP) is 2.07. The highest BCUT2D eigenvalue weighted by Crippen LogP contribution is 2.26. The zero-order valence-electron chi connectivity index (χ0n) is 11.7. The second-order valence-electron chi connectivity index (χ2n) is 4.43. The molecule has 0 spiro atoms. The zero-order chi connectivity index (χ0) is 18.2. The van der Waals surface area contributed by atoms with Crippen molar-refractivity contribution in [2.75, 3.05) is 7.11 Å². The molecule has 1 aromatic carbocycles. The van der Waals surface area contributed by atoms with E-state index in [1.165, 1.54) is 4.98 Å². The number of H-pyrrole nitrogens is 1. The van der Waals surface area contributed by atoms with Crippen LogP contribution in [0.4, 0.5) is 17.6 Å². The fourth-order valence-electron chi connectivity index (χ4n) is 1.85. The SMILES string of the molecule is COC(=O)c1cc(-n2c(=O)cc(C(F)(F)F)[nH]c2=O)c(F)cc1I. The van der Waals surface area contributed by atoms with E-state index >= 15 is 0 Å². The average molecular weight is 458 g/mol. The van der Waals surface area contributed by atoms with Gasteiger partial charge < -0.3 is 9.72 Å². The molecular weight excluding hydrogens is 451 g/mol. The maximum Gasteiger partial charge on any atom is 0.431 e. The fraction of sp³-hybridized carbons (Fsp3) is 0.154. The van der Waals surface area contributed by atoms with Crippen molar-refractivity contribution in [1.82, 2.24) is 9.55 Å². The van der Waals surface area contributed by atoms with Crippen molar-refractivity contribution in [3.63, 3.8) is 0 Å². The Balaban J connectivity index is 2.76. The van der Waals surface area contributed by atoms with Crippen LogP contribution >= 0.6 is 22.6 Å². The minimum Gasteiger partial charge on any atom is -0.465 e. The quantitative estimate of drug-likeness (QED) is 0.425. The first-order valence-corrected chi connectivity index (χ1v) is 7.15. The van der Waals surface area contributed by atoms with Gasteiger partial charge >= 0.3 is 17.8 Å². The number of benzene rings is 1. The number of hydrogen-bond donors (Lipinski definition) is 1. The summed E-state index contributed by atoms with van der Waals surface area (Å²) in [4.78, 5) is 36.7. The third kappa shape index (κ3) is 3.34. The van der Waals surface area contributed by atoms with Gasteiger partial charge in [0, 0.05) is 9.64 Å². The lowest BCUT2D eigenvalue weighted by atomic mass is 10.2. The average Bonchev–Trinajstić information content (AvgIpc) is 2.46. The van der Waals surface area contributed by atoms with E-state index in [2.05, 4.69) is 4.74 Å². The van der Waals surface area contributed by atoms with E-state index in [-0.39, 0.29) is 19.8 Å². The summed E-state index contributed by atoms with van der Waals surface area (Å²) in [5.74, 6) is -1.93. The maximum atomic E-state index is 14.1.